The third-order valence-electron chi connectivity index (χ3n) is 4.23. The number of hydrogen-bond acceptors (Lipinski definition) is 5. The van der Waals surface area contributed by atoms with Gasteiger partial charge in [-0.05, 0) is 43.5 Å². The monoisotopic (exact) mass is 357 g/mol. The summed E-state index contributed by atoms with van der Waals surface area (Å²) in [5.74, 6) is 1.71. The Hall–Kier alpha value is -0.760. The second kappa shape index (κ2) is 7.01. The van der Waals surface area contributed by atoms with Gasteiger partial charge in [-0.2, -0.15) is 4.31 Å². The van der Waals surface area contributed by atoms with Crippen LogP contribution in [0.25, 0.3) is 0 Å². The van der Waals surface area contributed by atoms with E-state index in [-0.39, 0.29) is 4.93 Å². The zero-order valence-corrected chi connectivity index (χ0v) is 15.0. The number of thioether (sulfide) groups is 1. The third kappa shape index (κ3) is 3.68. The second-order valence-corrected chi connectivity index (χ2v) is 9.21. The van der Waals surface area contributed by atoms with Crippen LogP contribution >= 0.6 is 11.8 Å². The average Bonchev–Trinajstić information content (AvgIpc) is 3.02. The second-order valence-electron chi connectivity index (χ2n) is 5.83. The molecule has 0 N–H and O–H groups in total. The van der Waals surface area contributed by atoms with Gasteiger partial charge in [-0.3, -0.25) is 0 Å². The molecule has 0 aliphatic carbocycles. The number of rotatable bonds is 5. The molecule has 1 aromatic carbocycles. The lowest BCUT2D eigenvalue weighted by Gasteiger charge is -2.37. The molecule has 0 atom stereocenters. The van der Waals surface area contributed by atoms with Gasteiger partial charge in [0.05, 0.1) is 18.1 Å². The molecule has 7 heteroatoms. The van der Waals surface area contributed by atoms with Crippen molar-refractivity contribution in [3.05, 3.63) is 24.3 Å². The molecule has 0 bridgehead atoms. The minimum Gasteiger partial charge on any atom is -0.494 e. The average molecular weight is 357 g/mol. The van der Waals surface area contributed by atoms with Gasteiger partial charge < -0.3 is 9.47 Å². The van der Waals surface area contributed by atoms with E-state index in [1.54, 1.807) is 28.6 Å². The predicted octanol–water partition coefficient (Wildman–Crippen LogP) is 2.72. The van der Waals surface area contributed by atoms with Crippen molar-refractivity contribution in [3.8, 4) is 5.75 Å². The van der Waals surface area contributed by atoms with Gasteiger partial charge in [0.15, 0.2) is 0 Å². The molecule has 0 amide bonds. The molecule has 1 aromatic rings. The molecular formula is C16H23NO4S2. The lowest BCUT2D eigenvalue weighted by atomic mass is 10.1. The standard InChI is InChI=1S/C16H23NO4S2/c1-2-11-20-14-3-5-15(6-4-14)23(18,19)17-9-7-16(8-10-17)21-12-13-22-16/h3-6H,2,7-13H2,1H3. The molecule has 2 fully saturated rings. The van der Waals surface area contributed by atoms with Gasteiger partial charge in [0.1, 0.15) is 10.7 Å². The Bertz CT molecular complexity index is 614. The molecule has 0 aromatic heterocycles. The summed E-state index contributed by atoms with van der Waals surface area (Å²) < 4.78 is 38.4. The molecule has 2 aliphatic heterocycles. The Balaban J connectivity index is 1.67. The summed E-state index contributed by atoms with van der Waals surface area (Å²) in [5.41, 5.74) is 0. The van der Waals surface area contributed by atoms with E-state index in [0.29, 0.717) is 30.3 Å². The van der Waals surface area contributed by atoms with Crippen LogP contribution in [0.3, 0.4) is 0 Å². The van der Waals surface area contributed by atoms with E-state index in [4.69, 9.17) is 9.47 Å². The zero-order valence-electron chi connectivity index (χ0n) is 13.4. The Morgan fingerprint density at radius 3 is 2.52 bits per heavy atom. The van der Waals surface area contributed by atoms with Crippen LogP contribution in [0.4, 0.5) is 0 Å². The van der Waals surface area contributed by atoms with Crippen LogP contribution in [-0.2, 0) is 14.8 Å². The van der Waals surface area contributed by atoms with E-state index in [2.05, 4.69) is 0 Å². The summed E-state index contributed by atoms with van der Waals surface area (Å²) in [6.07, 6.45) is 2.44. The van der Waals surface area contributed by atoms with Crippen LogP contribution in [0.5, 0.6) is 5.75 Å². The molecule has 2 aliphatic rings. The summed E-state index contributed by atoms with van der Waals surface area (Å²) in [6, 6.07) is 6.71. The van der Waals surface area contributed by atoms with E-state index < -0.39 is 10.0 Å². The molecule has 1 spiro atoms. The van der Waals surface area contributed by atoms with Crippen LogP contribution < -0.4 is 4.74 Å². The topological polar surface area (TPSA) is 55.8 Å². The fourth-order valence-electron chi connectivity index (χ4n) is 2.93. The van der Waals surface area contributed by atoms with Crippen LogP contribution in [0.1, 0.15) is 26.2 Å². The molecule has 5 nitrogen and oxygen atoms in total. The number of ether oxygens (including phenoxy) is 2. The number of piperidine rings is 1. The Morgan fingerprint density at radius 2 is 1.96 bits per heavy atom. The van der Waals surface area contributed by atoms with Crippen molar-refractivity contribution in [2.75, 3.05) is 32.1 Å². The molecule has 2 saturated heterocycles. The smallest absolute Gasteiger partial charge is 0.243 e. The van der Waals surface area contributed by atoms with Crippen molar-refractivity contribution < 1.29 is 17.9 Å². The first-order valence-corrected chi connectivity index (χ1v) is 10.5. The number of hydrogen-bond donors (Lipinski definition) is 0. The van der Waals surface area contributed by atoms with Crippen molar-refractivity contribution in [3.63, 3.8) is 0 Å². The first kappa shape index (κ1) is 17.1. The van der Waals surface area contributed by atoms with Gasteiger partial charge in [0.2, 0.25) is 10.0 Å². The molecule has 128 valence electrons. The van der Waals surface area contributed by atoms with Crippen molar-refractivity contribution in [1.29, 1.82) is 0 Å². The minimum absolute atomic E-state index is 0.149. The first-order valence-electron chi connectivity index (χ1n) is 8.07. The maximum absolute atomic E-state index is 12.8. The Labute approximate surface area is 142 Å². The molecule has 2 heterocycles. The van der Waals surface area contributed by atoms with E-state index >= 15 is 0 Å². The Morgan fingerprint density at radius 1 is 1.26 bits per heavy atom. The maximum atomic E-state index is 12.8. The Kier molecular flexibility index (Phi) is 5.20. The summed E-state index contributed by atoms with van der Waals surface area (Å²) in [7, 11) is -3.43. The molecule has 23 heavy (non-hydrogen) atoms. The lowest BCUT2D eigenvalue weighted by molar-refractivity contribution is 0.0162. The molecule has 3 rings (SSSR count). The zero-order chi connectivity index (χ0) is 16.3. The van der Waals surface area contributed by atoms with Crippen LogP contribution in [0.15, 0.2) is 29.2 Å². The van der Waals surface area contributed by atoms with E-state index in [1.807, 2.05) is 18.7 Å². The van der Waals surface area contributed by atoms with Crippen LogP contribution in [0, 0.1) is 0 Å². The summed E-state index contributed by atoms with van der Waals surface area (Å²) in [5, 5.41) is 0. The summed E-state index contributed by atoms with van der Waals surface area (Å²) in [6.45, 7) is 4.48. The fourth-order valence-corrected chi connectivity index (χ4v) is 5.55. The van der Waals surface area contributed by atoms with Gasteiger partial charge in [-0.25, -0.2) is 8.42 Å². The SMILES string of the molecule is CCCOc1ccc(S(=O)(=O)N2CCC3(CC2)OCCS3)cc1. The molecule has 0 unspecified atom stereocenters. The van der Waals surface area contributed by atoms with Crippen molar-refractivity contribution in [2.45, 2.75) is 36.0 Å². The van der Waals surface area contributed by atoms with Gasteiger partial charge in [-0.1, -0.05) is 6.92 Å². The minimum atomic E-state index is -3.43. The highest BCUT2D eigenvalue weighted by Crippen LogP contribution is 2.42. The lowest BCUT2D eigenvalue weighted by Crippen LogP contribution is -2.44. The number of nitrogens with zero attached hydrogens (tertiary/aromatic N) is 1. The van der Waals surface area contributed by atoms with Crippen molar-refractivity contribution in [1.82, 2.24) is 4.31 Å². The van der Waals surface area contributed by atoms with E-state index in [1.165, 1.54) is 0 Å². The van der Waals surface area contributed by atoms with Gasteiger partial charge in [0.25, 0.3) is 0 Å². The normalized spacial score (nSPS) is 21.6. The van der Waals surface area contributed by atoms with Gasteiger partial charge >= 0.3 is 0 Å². The predicted molar refractivity (Wildman–Crippen MR) is 91.4 cm³/mol. The van der Waals surface area contributed by atoms with Gasteiger partial charge in [-0.15, -0.1) is 11.8 Å². The van der Waals surface area contributed by atoms with Gasteiger partial charge in [0, 0.05) is 18.8 Å². The van der Waals surface area contributed by atoms with Crippen LogP contribution in [-0.4, -0.2) is 49.7 Å². The highest BCUT2D eigenvalue weighted by molar-refractivity contribution is 8.00. The fraction of sp³-hybridized carbons (Fsp3) is 0.625. The highest BCUT2D eigenvalue weighted by Gasteiger charge is 2.42. The quantitative estimate of drug-likeness (QED) is 0.811. The molecule has 0 saturated carbocycles. The summed E-state index contributed by atoms with van der Waals surface area (Å²) in [4.78, 5) is 0.182. The van der Waals surface area contributed by atoms with E-state index in [9.17, 15) is 8.42 Å². The largest absolute Gasteiger partial charge is 0.494 e. The third-order valence-corrected chi connectivity index (χ3v) is 7.57. The first-order chi connectivity index (χ1) is 11.1. The number of benzene rings is 1. The van der Waals surface area contributed by atoms with Crippen molar-refractivity contribution in [2.24, 2.45) is 0 Å². The molecule has 0 radical (unpaired) electrons. The summed E-state index contributed by atoms with van der Waals surface area (Å²) >= 11 is 1.82. The van der Waals surface area contributed by atoms with Crippen molar-refractivity contribution >= 4 is 21.8 Å². The van der Waals surface area contributed by atoms with E-state index in [0.717, 1.165) is 31.6 Å². The van der Waals surface area contributed by atoms with Crippen LogP contribution in [0.2, 0.25) is 0 Å². The highest BCUT2D eigenvalue weighted by atomic mass is 32.2. The molecular weight excluding hydrogens is 334 g/mol. The maximum Gasteiger partial charge on any atom is 0.243 e. The number of sulfonamides is 1.